The molecule has 2 nitrogen and oxygen atoms in total. The lowest BCUT2D eigenvalue weighted by atomic mass is 10.1. The zero-order valence-corrected chi connectivity index (χ0v) is 14.5. The van der Waals surface area contributed by atoms with Gasteiger partial charge in [0.1, 0.15) is 5.01 Å². The fourth-order valence-electron chi connectivity index (χ4n) is 2.38. The molecule has 0 amide bonds. The molecule has 1 aromatic heterocycles. The Kier molecular flexibility index (Phi) is 6.22. The third kappa shape index (κ3) is 4.80. The molecule has 0 unspecified atom stereocenters. The highest BCUT2D eigenvalue weighted by molar-refractivity contribution is 7.13. The normalized spacial score (nSPS) is 11.5. The van der Waals surface area contributed by atoms with Crippen LogP contribution in [0.1, 0.15) is 32.0 Å². The van der Waals surface area contributed by atoms with E-state index in [1.54, 1.807) is 11.3 Å². The van der Waals surface area contributed by atoms with Crippen molar-refractivity contribution >= 4 is 22.9 Å². The van der Waals surface area contributed by atoms with E-state index in [0.29, 0.717) is 11.8 Å². The van der Waals surface area contributed by atoms with Crippen LogP contribution in [0.2, 0.25) is 0 Å². The van der Waals surface area contributed by atoms with E-state index in [4.69, 9.17) is 11.6 Å². The Morgan fingerprint density at radius 1 is 1.33 bits per heavy atom. The highest BCUT2D eigenvalue weighted by atomic mass is 35.5. The van der Waals surface area contributed by atoms with Crippen LogP contribution < -0.4 is 0 Å². The van der Waals surface area contributed by atoms with Crippen LogP contribution in [0, 0.1) is 5.92 Å². The van der Waals surface area contributed by atoms with Gasteiger partial charge in [-0.05, 0) is 24.1 Å². The third-order valence-corrected chi connectivity index (χ3v) is 4.55. The first-order valence-corrected chi connectivity index (χ1v) is 8.85. The average molecular weight is 323 g/mol. The molecule has 0 aliphatic carbocycles. The summed E-state index contributed by atoms with van der Waals surface area (Å²) in [6.07, 6.45) is 0. The Bertz CT molecular complexity index is 565. The van der Waals surface area contributed by atoms with Crippen LogP contribution in [0.4, 0.5) is 0 Å². The first-order valence-electron chi connectivity index (χ1n) is 7.44. The average Bonchev–Trinajstić information content (AvgIpc) is 2.95. The minimum atomic E-state index is 0.480. The summed E-state index contributed by atoms with van der Waals surface area (Å²) in [6.45, 7) is 9.96. The van der Waals surface area contributed by atoms with E-state index in [9.17, 15) is 0 Å². The van der Waals surface area contributed by atoms with Crippen molar-refractivity contribution in [1.82, 2.24) is 9.88 Å². The smallest absolute Gasteiger partial charge is 0.123 e. The number of hydrogen-bond donors (Lipinski definition) is 0. The van der Waals surface area contributed by atoms with Crippen LogP contribution in [0.3, 0.4) is 0 Å². The molecular formula is C17H23ClN2S. The van der Waals surface area contributed by atoms with E-state index >= 15 is 0 Å². The van der Waals surface area contributed by atoms with Crippen LogP contribution in [-0.4, -0.2) is 23.0 Å². The van der Waals surface area contributed by atoms with Crippen LogP contribution in [0.15, 0.2) is 29.6 Å². The van der Waals surface area contributed by atoms with Crippen molar-refractivity contribution in [2.75, 3.05) is 13.1 Å². The van der Waals surface area contributed by atoms with E-state index < -0.39 is 0 Å². The molecule has 114 valence electrons. The molecule has 0 bridgehead atoms. The summed E-state index contributed by atoms with van der Waals surface area (Å²) in [5.41, 5.74) is 3.49. The Balaban J connectivity index is 2.13. The van der Waals surface area contributed by atoms with Gasteiger partial charge in [-0.3, -0.25) is 4.90 Å². The zero-order chi connectivity index (χ0) is 15.2. The summed E-state index contributed by atoms with van der Waals surface area (Å²) in [5.74, 6) is 1.17. The number of thiazole rings is 1. The van der Waals surface area contributed by atoms with Gasteiger partial charge < -0.3 is 0 Å². The number of nitrogens with zero attached hydrogens (tertiary/aromatic N) is 2. The summed E-state index contributed by atoms with van der Waals surface area (Å²) in [7, 11) is 0. The molecule has 0 N–H and O–H groups in total. The summed E-state index contributed by atoms with van der Waals surface area (Å²) in [4.78, 5) is 7.04. The van der Waals surface area contributed by atoms with Crippen molar-refractivity contribution in [2.24, 2.45) is 5.92 Å². The van der Waals surface area contributed by atoms with Gasteiger partial charge in [0.05, 0.1) is 11.6 Å². The number of hydrogen-bond acceptors (Lipinski definition) is 3. The molecule has 0 aliphatic heterocycles. The van der Waals surface area contributed by atoms with Crippen molar-refractivity contribution in [3.63, 3.8) is 0 Å². The van der Waals surface area contributed by atoms with Crippen molar-refractivity contribution in [2.45, 2.75) is 33.2 Å². The van der Waals surface area contributed by atoms with Crippen molar-refractivity contribution < 1.29 is 0 Å². The largest absolute Gasteiger partial charge is 0.299 e. The predicted molar refractivity (Wildman–Crippen MR) is 92.9 cm³/mol. The molecule has 0 saturated carbocycles. The maximum atomic E-state index is 5.83. The van der Waals surface area contributed by atoms with Crippen molar-refractivity contribution in [3.8, 4) is 10.6 Å². The molecule has 0 radical (unpaired) electrons. The van der Waals surface area contributed by atoms with E-state index in [1.165, 1.54) is 11.1 Å². The van der Waals surface area contributed by atoms with Gasteiger partial charge >= 0.3 is 0 Å². The van der Waals surface area contributed by atoms with Gasteiger partial charge in [-0.25, -0.2) is 4.98 Å². The monoisotopic (exact) mass is 322 g/mol. The Morgan fingerprint density at radius 3 is 2.76 bits per heavy atom. The number of halogens is 1. The molecule has 4 heteroatoms. The van der Waals surface area contributed by atoms with Crippen molar-refractivity contribution in [1.29, 1.82) is 0 Å². The van der Waals surface area contributed by atoms with Crippen LogP contribution in [0.5, 0.6) is 0 Å². The summed E-state index contributed by atoms with van der Waals surface area (Å²) >= 11 is 7.49. The Morgan fingerprint density at radius 2 is 2.14 bits per heavy atom. The maximum absolute atomic E-state index is 5.83. The lowest BCUT2D eigenvalue weighted by Crippen LogP contribution is -2.27. The van der Waals surface area contributed by atoms with Crippen LogP contribution >= 0.6 is 22.9 Å². The minimum absolute atomic E-state index is 0.480. The third-order valence-electron chi connectivity index (χ3n) is 3.34. The van der Waals surface area contributed by atoms with E-state index in [0.717, 1.165) is 30.3 Å². The summed E-state index contributed by atoms with van der Waals surface area (Å²) in [5, 5.41) is 3.09. The Labute approximate surface area is 136 Å². The molecular weight excluding hydrogens is 300 g/mol. The lowest BCUT2D eigenvalue weighted by Gasteiger charge is -2.22. The summed E-state index contributed by atoms with van der Waals surface area (Å²) in [6, 6.07) is 8.69. The molecule has 21 heavy (non-hydrogen) atoms. The van der Waals surface area contributed by atoms with Crippen LogP contribution in [0.25, 0.3) is 10.6 Å². The SMILES string of the molecule is CCN(Cc1cccc(-c2nc(CCl)cs2)c1)CC(C)C. The zero-order valence-electron chi connectivity index (χ0n) is 13.0. The van der Waals surface area contributed by atoms with Crippen LogP contribution in [-0.2, 0) is 12.4 Å². The molecule has 0 saturated heterocycles. The van der Waals surface area contributed by atoms with Crippen molar-refractivity contribution in [3.05, 3.63) is 40.9 Å². The van der Waals surface area contributed by atoms with Gasteiger partial charge in [0.15, 0.2) is 0 Å². The number of aromatic nitrogens is 1. The molecule has 0 fully saturated rings. The molecule has 1 aromatic carbocycles. The fraction of sp³-hybridized carbons (Fsp3) is 0.471. The second-order valence-corrected chi connectivity index (χ2v) is 6.82. The second kappa shape index (κ2) is 7.92. The number of benzene rings is 1. The van der Waals surface area contributed by atoms with E-state index in [-0.39, 0.29) is 0 Å². The quantitative estimate of drug-likeness (QED) is 0.665. The summed E-state index contributed by atoms with van der Waals surface area (Å²) < 4.78 is 0. The van der Waals surface area contributed by atoms with Gasteiger partial charge in [-0.2, -0.15) is 0 Å². The number of rotatable bonds is 7. The fourth-order valence-corrected chi connectivity index (χ4v) is 3.43. The topological polar surface area (TPSA) is 16.1 Å². The number of alkyl halides is 1. The lowest BCUT2D eigenvalue weighted by molar-refractivity contribution is 0.248. The van der Waals surface area contributed by atoms with E-state index in [1.807, 2.05) is 5.38 Å². The van der Waals surface area contributed by atoms with Gasteiger partial charge in [0.25, 0.3) is 0 Å². The molecule has 1 heterocycles. The molecule has 0 aliphatic rings. The van der Waals surface area contributed by atoms with Gasteiger partial charge in [-0.1, -0.05) is 39.0 Å². The minimum Gasteiger partial charge on any atom is -0.299 e. The maximum Gasteiger partial charge on any atom is 0.123 e. The van der Waals surface area contributed by atoms with E-state index in [2.05, 4.69) is 54.9 Å². The molecule has 2 rings (SSSR count). The standard InChI is InChI=1S/C17H23ClN2S/c1-4-20(10-13(2)3)11-14-6-5-7-15(8-14)17-19-16(9-18)12-21-17/h5-8,12-13H,4,9-11H2,1-3H3. The second-order valence-electron chi connectivity index (χ2n) is 5.70. The highest BCUT2D eigenvalue weighted by Gasteiger charge is 2.08. The Hall–Kier alpha value is -0.900. The molecule has 2 aromatic rings. The first kappa shape index (κ1) is 16.5. The van der Waals surface area contributed by atoms with Gasteiger partial charge in [-0.15, -0.1) is 22.9 Å². The van der Waals surface area contributed by atoms with Gasteiger partial charge in [0, 0.05) is 24.0 Å². The van der Waals surface area contributed by atoms with Gasteiger partial charge in [0.2, 0.25) is 0 Å². The first-order chi connectivity index (χ1) is 10.1. The highest BCUT2D eigenvalue weighted by Crippen LogP contribution is 2.25. The predicted octanol–water partition coefficient (Wildman–Crippen LogP) is 5.03. The molecule has 0 spiro atoms. The molecule has 0 atom stereocenters.